The van der Waals surface area contributed by atoms with E-state index in [0.717, 1.165) is 11.3 Å². The molecule has 2 nitrogen and oxygen atoms in total. The van der Waals surface area contributed by atoms with Gasteiger partial charge < -0.3 is 10.4 Å². The molecule has 1 atom stereocenters. The molecule has 0 spiro atoms. The maximum Gasteiger partial charge on any atom is 0.0753 e. The molecule has 2 aromatic rings. The minimum Gasteiger partial charge on any atom is -0.394 e. The summed E-state index contributed by atoms with van der Waals surface area (Å²) in [6.07, 6.45) is 0. The van der Waals surface area contributed by atoms with E-state index in [4.69, 9.17) is 0 Å². The van der Waals surface area contributed by atoms with Gasteiger partial charge in [0.1, 0.15) is 0 Å². The zero-order chi connectivity index (χ0) is 10.5. The standard InChI is InChI=1S/C12H13NOS/c14-8-12(10-6-7-15-9-10)13-11-4-2-1-3-5-11/h1-7,9,12-14H,8H2. The van der Waals surface area contributed by atoms with Crippen LogP contribution >= 0.6 is 11.3 Å². The van der Waals surface area contributed by atoms with E-state index in [1.165, 1.54) is 0 Å². The van der Waals surface area contributed by atoms with Gasteiger partial charge in [0.25, 0.3) is 0 Å². The average molecular weight is 219 g/mol. The summed E-state index contributed by atoms with van der Waals surface area (Å²) >= 11 is 1.64. The normalized spacial score (nSPS) is 12.3. The van der Waals surface area contributed by atoms with Crippen molar-refractivity contribution in [3.05, 3.63) is 52.7 Å². The quantitative estimate of drug-likeness (QED) is 0.828. The summed E-state index contributed by atoms with van der Waals surface area (Å²) in [5.74, 6) is 0. The van der Waals surface area contributed by atoms with E-state index in [1.807, 2.05) is 41.8 Å². The Morgan fingerprint density at radius 2 is 2.00 bits per heavy atom. The third kappa shape index (κ3) is 2.58. The molecule has 78 valence electrons. The van der Waals surface area contributed by atoms with Gasteiger partial charge in [-0.2, -0.15) is 11.3 Å². The minimum absolute atomic E-state index is 0.0151. The molecule has 0 aliphatic heterocycles. The fourth-order valence-electron chi connectivity index (χ4n) is 1.44. The zero-order valence-electron chi connectivity index (χ0n) is 8.26. The number of nitrogens with one attached hydrogen (secondary N) is 1. The van der Waals surface area contributed by atoms with E-state index in [-0.39, 0.29) is 12.6 Å². The number of hydrogen-bond donors (Lipinski definition) is 2. The van der Waals surface area contributed by atoms with Crippen molar-refractivity contribution >= 4 is 17.0 Å². The van der Waals surface area contributed by atoms with Gasteiger partial charge in [-0.25, -0.2) is 0 Å². The lowest BCUT2D eigenvalue weighted by Crippen LogP contribution is -2.13. The highest BCUT2D eigenvalue weighted by molar-refractivity contribution is 7.07. The van der Waals surface area contributed by atoms with Crippen LogP contribution in [0.1, 0.15) is 11.6 Å². The Morgan fingerprint density at radius 3 is 2.60 bits per heavy atom. The maximum atomic E-state index is 9.30. The van der Waals surface area contributed by atoms with Gasteiger partial charge in [-0.1, -0.05) is 18.2 Å². The smallest absolute Gasteiger partial charge is 0.0753 e. The summed E-state index contributed by atoms with van der Waals surface area (Å²) in [4.78, 5) is 0. The van der Waals surface area contributed by atoms with Crippen molar-refractivity contribution in [2.24, 2.45) is 0 Å². The molecule has 0 saturated heterocycles. The molecule has 0 aliphatic carbocycles. The molecule has 1 unspecified atom stereocenters. The van der Waals surface area contributed by atoms with Crippen molar-refractivity contribution in [3.8, 4) is 0 Å². The Kier molecular flexibility index (Phi) is 3.37. The van der Waals surface area contributed by atoms with Crippen molar-refractivity contribution in [1.29, 1.82) is 0 Å². The first-order chi connectivity index (χ1) is 7.40. The fraction of sp³-hybridized carbons (Fsp3) is 0.167. The molecule has 1 aromatic heterocycles. The van der Waals surface area contributed by atoms with Crippen LogP contribution in [0.5, 0.6) is 0 Å². The molecule has 0 saturated carbocycles. The van der Waals surface area contributed by atoms with Crippen molar-refractivity contribution in [3.63, 3.8) is 0 Å². The minimum atomic E-state index is -0.0151. The Balaban J connectivity index is 2.10. The summed E-state index contributed by atoms with van der Waals surface area (Å²) in [5.41, 5.74) is 2.16. The van der Waals surface area contributed by atoms with Gasteiger partial charge in [-0.05, 0) is 34.5 Å². The SMILES string of the molecule is OCC(Nc1ccccc1)c1ccsc1. The summed E-state index contributed by atoms with van der Waals surface area (Å²) < 4.78 is 0. The van der Waals surface area contributed by atoms with Gasteiger partial charge in [0.2, 0.25) is 0 Å². The second-order valence-electron chi connectivity index (χ2n) is 3.30. The van der Waals surface area contributed by atoms with E-state index >= 15 is 0 Å². The molecule has 0 fully saturated rings. The monoisotopic (exact) mass is 219 g/mol. The topological polar surface area (TPSA) is 32.3 Å². The predicted octanol–water partition coefficient (Wildman–Crippen LogP) is 2.89. The fourth-order valence-corrected chi connectivity index (χ4v) is 2.16. The van der Waals surface area contributed by atoms with Gasteiger partial charge in [0, 0.05) is 5.69 Å². The Morgan fingerprint density at radius 1 is 1.20 bits per heavy atom. The van der Waals surface area contributed by atoms with Crippen LogP contribution in [0, 0.1) is 0 Å². The van der Waals surface area contributed by atoms with Crippen LogP contribution in [-0.4, -0.2) is 11.7 Å². The van der Waals surface area contributed by atoms with Gasteiger partial charge >= 0.3 is 0 Å². The molecule has 1 aromatic carbocycles. The Labute approximate surface area is 93.2 Å². The number of rotatable bonds is 4. The highest BCUT2D eigenvalue weighted by Crippen LogP contribution is 2.20. The molecule has 0 radical (unpaired) electrons. The van der Waals surface area contributed by atoms with E-state index < -0.39 is 0 Å². The predicted molar refractivity (Wildman–Crippen MR) is 64.2 cm³/mol. The molecule has 0 aliphatic rings. The first-order valence-electron chi connectivity index (χ1n) is 4.84. The third-order valence-corrected chi connectivity index (χ3v) is 2.94. The second kappa shape index (κ2) is 4.96. The largest absolute Gasteiger partial charge is 0.394 e. The van der Waals surface area contributed by atoms with Crippen molar-refractivity contribution in [2.75, 3.05) is 11.9 Å². The van der Waals surface area contributed by atoms with Crippen LogP contribution in [0.4, 0.5) is 5.69 Å². The van der Waals surface area contributed by atoms with Gasteiger partial charge in [0.15, 0.2) is 0 Å². The first kappa shape index (κ1) is 10.2. The Bertz CT molecular complexity index is 385. The lowest BCUT2D eigenvalue weighted by molar-refractivity contribution is 0.276. The lowest BCUT2D eigenvalue weighted by atomic mass is 10.1. The maximum absolute atomic E-state index is 9.30. The van der Waals surface area contributed by atoms with Crippen LogP contribution in [0.2, 0.25) is 0 Å². The van der Waals surface area contributed by atoms with Crippen molar-refractivity contribution in [2.45, 2.75) is 6.04 Å². The first-order valence-corrected chi connectivity index (χ1v) is 5.79. The molecule has 3 heteroatoms. The van der Waals surface area contributed by atoms with E-state index in [1.54, 1.807) is 11.3 Å². The van der Waals surface area contributed by atoms with Crippen molar-refractivity contribution in [1.82, 2.24) is 0 Å². The van der Waals surface area contributed by atoms with Crippen LogP contribution in [0.15, 0.2) is 47.2 Å². The molecule has 15 heavy (non-hydrogen) atoms. The molecular formula is C12H13NOS. The van der Waals surface area contributed by atoms with Gasteiger partial charge in [-0.3, -0.25) is 0 Å². The molecular weight excluding hydrogens is 206 g/mol. The Hall–Kier alpha value is -1.32. The molecule has 0 amide bonds. The lowest BCUT2D eigenvalue weighted by Gasteiger charge is -2.16. The highest BCUT2D eigenvalue weighted by atomic mass is 32.1. The second-order valence-corrected chi connectivity index (χ2v) is 4.08. The summed E-state index contributed by atoms with van der Waals surface area (Å²) in [6.45, 7) is 0.103. The van der Waals surface area contributed by atoms with Crippen LogP contribution in [0.3, 0.4) is 0 Å². The van der Waals surface area contributed by atoms with Crippen LogP contribution < -0.4 is 5.32 Å². The molecule has 1 heterocycles. The van der Waals surface area contributed by atoms with Gasteiger partial charge in [0.05, 0.1) is 12.6 Å². The number of thiophene rings is 1. The average Bonchev–Trinajstić information content (AvgIpc) is 2.81. The number of para-hydroxylation sites is 1. The number of anilines is 1. The van der Waals surface area contributed by atoms with Crippen LogP contribution in [0.25, 0.3) is 0 Å². The zero-order valence-corrected chi connectivity index (χ0v) is 9.08. The molecule has 2 N–H and O–H groups in total. The molecule has 0 bridgehead atoms. The van der Waals surface area contributed by atoms with E-state index in [9.17, 15) is 5.11 Å². The van der Waals surface area contributed by atoms with E-state index in [0.29, 0.717) is 0 Å². The number of aliphatic hydroxyl groups excluding tert-OH is 1. The van der Waals surface area contributed by atoms with Crippen LogP contribution in [-0.2, 0) is 0 Å². The number of aliphatic hydroxyl groups is 1. The summed E-state index contributed by atoms with van der Waals surface area (Å²) in [7, 11) is 0. The number of benzene rings is 1. The number of hydrogen-bond acceptors (Lipinski definition) is 3. The summed E-state index contributed by atoms with van der Waals surface area (Å²) in [6, 6.07) is 11.9. The van der Waals surface area contributed by atoms with Crippen molar-refractivity contribution < 1.29 is 5.11 Å². The summed E-state index contributed by atoms with van der Waals surface area (Å²) in [5, 5.41) is 16.7. The van der Waals surface area contributed by atoms with Gasteiger partial charge in [-0.15, -0.1) is 0 Å². The highest BCUT2D eigenvalue weighted by Gasteiger charge is 2.09. The molecule has 2 rings (SSSR count). The van der Waals surface area contributed by atoms with E-state index in [2.05, 4.69) is 10.7 Å². The third-order valence-electron chi connectivity index (χ3n) is 2.24.